The van der Waals surface area contributed by atoms with Gasteiger partial charge in [0.1, 0.15) is 0 Å². The molecule has 96 valence electrons. The van der Waals surface area contributed by atoms with Crippen LogP contribution in [0.2, 0.25) is 0 Å². The maximum Gasteiger partial charge on any atom is 0.313 e. The van der Waals surface area contributed by atoms with Gasteiger partial charge in [0.25, 0.3) is 0 Å². The van der Waals surface area contributed by atoms with E-state index in [0.29, 0.717) is 17.0 Å². The Bertz CT molecular complexity index is 211. The SMILES string of the molecule is C[N+]1(CCCCCCCO)CCCC1=O.[I-]. The summed E-state index contributed by atoms with van der Waals surface area (Å²) in [5.41, 5.74) is 0. The van der Waals surface area contributed by atoms with Gasteiger partial charge in [0, 0.05) is 13.0 Å². The first-order valence-electron chi connectivity index (χ1n) is 6.18. The van der Waals surface area contributed by atoms with Gasteiger partial charge < -0.3 is 29.1 Å². The predicted octanol–water partition coefficient (Wildman–Crippen LogP) is -1.30. The maximum absolute atomic E-state index is 11.6. The lowest BCUT2D eigenvalue weighted by Gasteiger charge is -2.26. The lowest BCUT2D eigenvalue weighted by molar-refractivity contribution is -0.826. The second-order valence-electron chi connectivity index (χ2n) is 4.83. The fourth-order valence-electron chi connectivity index (χ4n) is 2.31. The highest BCUT2D eigenvalue weighted by molar-refractivity contribution is 5.70. The third-order valence-corrected chi connectivity index (χ3v) is 3.45. The molecule has 16 heavy (non-hydrogen) atoms. The Kier molecular flexibility index (Phi) is 8.58. The number of nitrogens with zero attached hydrogens (tertiary/aromatic N) is 1. The molecule has 4 heteroatoms. The number of unbranched alkanes of at least 4 members (excludes halogenated alkanes) is 4. The number of amides is 1. The number of carbonyl (C=O) groups is 1. The largest absolute Gasteiger partial charge is 1.00 e. The van der Waals surface area contributed by atoms with Crippen molar-refractivity contribution in [2.75, 3.05) is 26.7 Å². The molecule has 1 N–H and O–H groups in total. The minimum absolute atomic E-state index is 0. The molecule has 0 spiro atoms. The number of rotatable bonds is 7. The zero-order valence-electron chi connectivity index (χ0n) is 10.3. The van der Waals surface area contributed by atoms with Crippen LogP contribution < -0.4 is 24.0 Å². The third-order valence-electron chi connectivity index (χ3n) is 3.45. The van der Waals surface area contributed by atoms with Crippen molar-refractivity contribution in [3.63, 3.8) is 0 Å². The standard InChI is InChI=1S/C12H24NO2.HI/c1-13(10-7-8-12(13)15)9-5-3-2-4-6-11-14;/h14H,2-11H2,1H3;1H/q+1;/p-1. The summed E-state index contributed by atoms with van der Waals surface area (Å²) in [6, 6.07) is 0. The van der Waals surface area contributed by atoms with Gasteiger partial charge in [0.15, 0.2) is 0 Å². The fourth-order valence-corrected chi connectivity index (χ4v) is 2.31. The highest BCUT2D eigenvalue weighted by Gasteiger charge is 2.35. The number of hydrogen-bond donors (Lipinski definition) is 1. The van der Waals surface area contributed by atoms with Gasteiger partial charge in [-0.25, -0.2) is 4.79 Å². The average Bonchev–Trinajstić information content (AvgIpc) is 2.54. The quantitative estimate of drug-likeness (QED) is 0.355. The van der Waals surface area contributed by atoms with Crippen molar-refractivity contribution in [3.05, 3.63) is 0 Å². The van der Waals surface area contributed by atoms with Crippen LogP contribution in [0.15, 0.2) is 0 Å². The lowest BCUT2D eigenvalue weighted by atomic mass is 10.1. The van der Waals surface area contributed by atoms with Crippen molar-refractivity contribution in [3.8, 4) is 0 Å². The molecule has 0 aromatic heterocycles. The Balaban J connectivity index is 0.00000225. The van der Waals surface area contributed by atoms with Crippen LogP contribution in [-0.2, 0) is 4.79 Å². The summed E-state index contributed by atoms with van der Waals surface area (Å²) in [7, 11) is 2.07. The number of aliphatic hydroxyl groups excluding tert-OH is 1. The molecule has 1 aliphatic heterocycles. The van der Waals surface area contributed by atoms with Crippen molar-refractivity contribution < 1.29 is 38.4 Å². The number of hydrogen-bond acceptors (Lipinski definition) is 2. The van der Waals surface area contributed by atoms with E-state index in [1.165, 1.54) is 12.8 Å². The Labute approximate surface area is 116 Å². The van der Waals surface area contributed by atoms with Gasteiger partial charge in [-0.15, -0.1) is 0 Å². The highest BCUT2D eigenvalue weighted by atomic mass is 127. The molecule has 1 unspecified atom stereocenters. The van der Waals surface area contributed by atoms with Gasteiger partial charge >= 0.3 is 5.91 Å². The highest BCUT2D eigenvalue weighted by Crippen LogP contribution is 2.19. The van der Waals surface area contributed by atoms with Gasteiger partial charge in [0.05, 0.1) is 26.6 Å². The molecule has 0 aliphatic carbocycles. The van der Waals surface area contributed by atoms with Crippen molar-refractivity contribution in [2.45, 2.75) is 44.9 Å². The van der Waals surface area contributed by atoms with E-state index in [1.807, 2.05) is 0 Å². The van der Waals surface area contributed by atoms with Gasteiger partial charge in [-0.3, -0.25) is 4.48 Å². The summed E-state index contributed by atoms with van der Waals surface area (Å²) in [4.78, 5) is 11.6. The molecule has 0 bridgehead atoms. The Morgan fingerprint density at radius 2 is 1.81 bits per heavy atom. The molecule has 0 saturated carbocycles. The second-order valence-corrected chi connectivity index (χ2v) is 4.83. The topological polar surface area (TPSA) is 37.3 Å². The number of aliphatic hydroxyl groups is 1. The predicted molar refractivity (Wildman–Crippen MR) is 60.3 cm³/mol. The van der Waals surface area contributed by atoms with Crippen LogP contribution in [0.4, 0.5) is 0 Å². The van der Waals surface area contributed by atoms with E-state index < -0.39 is 0 Å². The first-order valence-corrected chi connectivity index (χ1v) is 6.18. The molecule has 1 aliphatic rings. The summed E-state index contributed by atoms with van der Waals surface area (Å²) in [5.74, 6) is 0.422. The molecule has 1 amide bonds. The van der Waals surface area contributed by atoms with Crippen LogP contribution in [0.3, 0.4) is 0 Å². The molecular weight excluding hydrogens is 317 g/mol. The zero-order valence-corrected chi connectivity index (χ0v) is 12.4. The van der Waals surface area contributed by atoms with E-state index in [-0.39, 0.29) is 24.0 Å². The normalized spacial score (nSPS) is 24.5. The lowest BCUT2D eigenvalue weighted by Crippen LogP contribution is -3.00. The van der Waals surface area contributed by atoms with Crippen LogP contribution in [0, 0.1) is 0 Å². The van der Waals surface area contributed by atoms with E-state index in [2.05, 4.69) is 7.05 Å². The van der Waals surface area contributed by atoms with Crippen LogP contribution >= 0.6 is 0 Å². The summed E-state index contributed by atoms with van der Waals surface area (Å²) >= 11 is 0. The van der Waals surface area contributed by atoms with E-state index in [9.17, 15) is 4.79 Å². The van der Waals surface area contributed by atoms with E-state index in [4.69, 9.17) is 5.11 Å². The van der Waals surface area contributed by atoms with Crippen LogP contribution in [0.1, 0.15) is 44.9 Å². The molecule has 0 aromatic carbocycles. The fraction of sp³-hybridized carbons (Fsp3) is 0.917. The van der Waals surface area contributed by atoms with E-state index in [1.54, 1.807) is 0 Å². The molecular formula is C12H24INO2. The molecule has 1 atom stereocenters. The smallest absolute Gasteiger partial charge is 0.313 e. The second kappa shape index (κ2) is 8.42. The molecule has 1 saturated heterocycles. The van der Waals surface area contributed by atoms with Crippen LogP contribution in [-0.4, -0.2) is 42.2 Å². The van der Waals surface area contributed by atoms with E-state index >= 15 is 0 Å². The van der Waals surface area contributed by atoms with E-state index in [0.717, 1.165) is 45.2 Å². The summed E-state index contributed by atoms with van der Waals surface area (Å²) in [5, 5.41) is 8.62. The first-order chi connectivity index (χ1) is 7.19. The minimum atomic E-state index is 0. The number of quaternary nitrogens is 1. The number of carbonyl (C=O) groups excluding carboxylic acids is 1. The Morgan fingerprint density at radius 1 is 1.19 bits per heavy atom. The third kappa shape index (κ3) is 5.10. The van der Waals surface area contributed by atoms with Gasteiger partial charge in [-0.2, -0.15) is 0 Å². The first kappa shape index (κ1) is 16.3. The summed E-state index contributed by atoms with van der Waals surface area (Å²) in [6.45, 7) is 2.36. The maximum atomic E-state index is 11.6. The average molecular weight is 341 g/mol. The van der Waals surface area contributed by atoms with Crippen molar-refractivity contribution in [2.24, 2.45) is 0 Å². The zero-order chi connectivity index (χ0) is 11.1. The van der Waals surface area contributed by atoms with Gasteiger partial charge in [-0.05, 0) is 19.3 Å². The van der Waals surface area contributed by atoms with Crippen LogP contribution in [0.25, 0.3) is 0 Å². The summed E-state index contributed by atoms with van der Waals surface area (Å²) < 4.78 is 0.667. The molecule has 1 heterocycles. The Hall–Kier alpha value is 0.320. The number of likely N-dealkylation sites (tertiary alicyclic amines) is 1. The molecule has 0 aromatic rings. The molecule has 1 fully saturated rings. The molecule has 0 radical (unpaired) electrons. The summed E-state index contributed by atoms with van der Waals surface area (Å²) in [6.07, 6.45) is 7.42. The minimum Gasteiger partial charge on any atom is -1.00 e. The Morgan fingerprint density at radius 3 is 2.38 bits per heavy atom. The van der Waals surface area contributed by atoms with Crippen molar-refractivity contribution in [1.82, 2.24) is 0 Å². The monoisotopic (exact) mass is 341 g/mol. The van der Waals surface area contributed by atoms with Crippen molar-refractivity contribution >= 4 is 5.91 Å². The van der Waals surface area contributed by atoms with Crippen molar-refractivity contribution in [1.29, 1.82) is 0 Å². The van der Waals surface area contributed by atoms with Gasteiger partial charge in [-0.1, -0.05) is 12.8 Å². The van der Waals surface area contributed by atoms with Crippen LogP contribution in [0.5, 0.6) is 0 Å². The molecule has 3 nitrogen and oxygen atoms in total. The molecule has 1 rings (SSSR count). The van der Waals surface area contributed by atoms with Gasteiger partial charge in [0.2, 0.25) is 0 Å². The number of halogens is 1.